The summed E-state index contributed by atoms with van der Waals surface area (Å²) >= 11 is 0. The third-order valence-electron chi connectivity index (χ3n) is 5.34. The number of nitrogens with zero attached hydrogens (tertiary/aromatic N) is 1. The van der Waals surface area contributed by atoms with E-state index in [0.717, 1.165) is 34.8 Å². The van der Waals surface area contributed by atoms with Gasteiger partial charge in [-0.1, -0.05) is 42.5 Å². The van der Waals surface area contributed by atoms with Crippen LogP contribution in [0, 0.1) is 0 Å². The van der Waals surface area contributed by atoms with Crippen LogP contribution in [0.3, 0.4) is 0 Å². The fourth-order valence-electron chi connectivity index (χ4n) is 3.58. The lowest BCUT2D eigenvalue weighted by Gasteiger charge is -2.10. The third-order valence-corrected chi connectivity index (χ3v) is 5.34. The number of hydrogen-bond acceptors (Lipinski definition) is 6. The molecule has 0 atom stereocenters. The molecule has 1 aliphatic heterocycles. The summed E-state index contributed by atoms with van der Waals surface area (Å²) in [6, 6.07) is 27.1. The maximum atomic E-state index is 12.8. The number of rotatable bonds is 7. The van der Waals surface area contributed by atoms with Gasteiger partial charge in [-0.2, -0.15) is 0 Å². The molecular formula is C26H23N5O2. The van der Waals surface area contributed by atoms with Crippen LogP contribution < -0.4 is 26.4 Å². The predicted octanol–water partition coefficient (Wildman–Crippen LogP) is 4.88. The number of benzene rings is 3. The van der Waals surface area contributed by atoms with Crippen molar-refractivity contribution in [3.63, 3.8) is 0 Å². The van der Waals surface area contributed by atoms with E-state index < -0.39 is 0 Å². The zero-order chi connectivity index (χ0) is 22.5. The highest BCUT2D eigenvalue weighted by atomic mass is 16.5. The van der Waals surface area contributed by atoms with Crippen LogP contribution >= 0.6 is 0 Å². The average Bonchev–Trinajstić information content (AvgIpc) is 3.34. The van der Waals surface area contributed by atoms with Gasteiger partial charge in [0, 0.05) is 29.4 Å². The van der Waals surface area contributed by atoms with Crippen molar-refractivity contribution in [3.8, 4) is 16.9 Å². The van der Waals surface area contributed by atoms with Gasteiger partial charge in [-0.3, -0.25) is 10.2 Å². The minimum atomic E-state index is -0.176. The van der Waals surface area contributed by atoms with Crippen LogP contribution in [-0.2, 0) is 6.42 Å². The second kappa shape index (κ2) is 9.42. The molecule has 4 N–H and O–H groups in total. The summed E-state index contributed by atoms with van der Waals surface area (Å²) in [5.74, 6) is 1.33. The summed E-state index contributed by atoms with van der Waals surface area (Å²) in [6.07, 6.45) is 2.62. The lowest BCUT2D eigenvalue weighted by atomic mass is 10.0. The van der Waals surface area contributed by atoms with Gasteiger partial charge < -0.3 is 15.5 Å². The van der Waals surface area contributed by atoms with Crippen molar-refractivity contribution >= 4 is 23.1 Å². The van der Waals surface area contributed by atoms with Crippen molar-refractivity contribution in [2.45, 2.75) is 6.42 Å². The number of anilines is 3. The van der Waals surface area contributed by atoms with E-state index in [-0.39, 0.29) is 5.91 Å². The summed E-state index contributed by atoms with van der Waals surface area (Å²) in [5.41, 5.74) is 13.9. The summed E-state index contributed by atoms with van der Waals surface area (Å²) in [7, 11) is 0. The molecule has 5 rings (SSSR count). The second-order valence-electron chi connectivity index (χ2n) is 7.64. The molecule has 0 saturated heterocycles. The Bertz CT molecular complexity index is 1260. The highest BCUT2D eigenvalue weighted by Gasteiger charge is 2.13. The molecule has 0 bridgehead atoms. The summed E-state index contributed by atoms with van der Waals surface area (Å²) in [5, 5.41) is 2.95. The van der Waals surface area contributed by atoms with Crippen LogP contribution in [0.5, 0.6) is 5.75 Å². The number of pyridine rings is 1. The maximum Gasteiger partial charge on any atom is 0.255 e. The standard InChI is InChI=1S/C26H23N5O2/c32-26(20-8-4-7-19(15-20)21-16-24-25(27-17-21)30-31-29-24)28-22-9-11-23(12-10-22)33-14-13-18-5-2-1-3-6-18/h1-12,15-17,29,31H,13-14H2,(H,27,30)(H,28,32). The van der Waals surface area contributed by atoms with Crippen molar-refractivity contribution in [2.24, 2.45) is 0 Å². The molecule has 2 heterocycles. The van der Waals surface area contributed by atoms with E-state index in [2.05, 4.69) is 38.8 Å². The number of aromatic nitrogens is 1. The number of fused-ring (bicyclic) bond motifs is 1. The fourth-order valence-corrected chi connectivity index (χ4v) is 3.58. The van der Waals surface area contributed by atoms with Crippen molar-refractivity contribution < 1.29 is 9.53 Å². The molecule has 33 heavy (non-hydrogen) atoms. The Kier molecular flexibility index (Phi) is 5.86. The highest BCUT2D eigenvalue weighted by molar-refractivity contribution is 6.05. The molecule has 4 aromatic rings. The van der Waals surface area contributed by atoms with E-state index in [0.29, 0.717) is 17.9 Å². The minimum Gasteiger partial charge on any atom is -0.493 e. The lowest BCUT2D eigenvalue weighted by molar-refractivity contribution is 0.102. The first-order valence-corrected chi connectivity index (χ1v) is 10.7. The van der Waals surface area contributed by atoms with Gasteiger partial charge in [-0.25, -0.2) is 4.98 Å². The molecule has 7 heteroatoms. The second-order valence-corrected chi connectivity index (χ2v) is 7.64. The van der Waals surface area contributed by atoms with E-state index in [1.54, 1.807) is 12.3 Å². The number of carbonyl (C=O) groups excluding carboxylic acids is 1. The number of hydrogen-bond donors (Lipinski definition) is 4. The molecule has 1 aromatic heterocycles. The molecule has 0 aliphatic carbocycles. The number of nitrogens with one attached hydrogen (secondary N) is 4. The molecule has 1 aliphatic rings. The van der Waals surface area contributed by atoms with Crippen LogP contribution in [0.1, 0.15) is 15.9 Å². The van der Waals surface area contributed by atoms with Gasteiger partial charge in [0.05, 0.1) is 12.3 Å². The van der Waals surface area contributed by atoms with Gasteiger partial charge in [0.2, 0.25) is 0 Å². The Morgan fingerprint density at radius 1 is 0.879 bits per heavy atom. The number of hydrazine groups is 2. The number of amides is 1. The van der Waals surface area contributed by atoms with Crippen LogP contribution in [-0.4, -0.2) is 17.5 Å². The van der Waals surface area contributed by atoms with E-state index in [1.807, 2.05) is 66.7 Å². The van der Waals surface area contributed by atoms with E-state index >= 15 is 0 Å². The van der Waals surface area contributed by atoms with Crippen molar-refractivity contribution in [1.29, 1.82) is 0 Å². The van der Waals surface area contributed by atoms with E-state index in [1.165, 1.54) is 5.56 Å². The van der Waals surface area contributed by atoms with Gasteiger partial charge in [-0.05, 0) is 53.6 Å². The molecular weight excluding hydrogens is 414 g/mol. The zero-order valence-electron chi connectivity index (χ0n) is 17.8. The van der Waals surface area contributed by atoms with Gasteiger partial charge in [0.1, 0.15) is 5.75 Å². The smallest absolute Gasteiger partial charge is 0.255 e. The highest BCUT2D eigenvalue weighted by Crippen LogP contribution is 2.28. The number of ether oxygens (including phenoxy) is 1. The molecule has 7 nitrogen and oxygen atoms in total. The fraction of sp³-hybridized carbons (Fsp3) is 0.0769. The zero-order valence-corrected chi connectivity index (χ0v) is 17.8. The van der Waals surface area contributed by atoms with E-state index in [9.17, 15) is 4.79 Å². The van der Waals surface area contributed by atoms with Gasteiger partial charge >= 0.3 is 0 Å². The maximum absolute atomic E-state index is 12.8. The first-order valence-electron chi connectivity index (χ1n) is 10.7. The molecule has 0 radical (unpaired) electrons. The van der Waals surface area contributed by atoms with Crippen LogP contribution in [0.25, 0.3) is 11.1 Å². The number of carbonyl (C=O) groups is 1. The Balaban J connectivity index is 1.20. The topological polar surface area (TPSA) is 87.3 Å². The largest absolute Gasteiger partial charge is 0.493 e. The van der Waals surface area contributed by atoms with Crippen molar-refractivity contribution in [1.82, 2.24) is 10.5 Å². The summed E-state index contributed by atoms with van der Waals surface area (Å²) < 4.78 is 5.82. The Morgan fingerprint density at radius 3 is 2.58 bits per heavy atom. The van der Waals surface area contributed by atoms with Gasteiger partial charge in [0.25, 0.3) is 5.91 Å². The molecule has 3 aromatic carbocycles. The molecule has 1 amide bonds. The lowest BCUT2D eigenvalue weighted by Crippen LogP contribution is -2.19. The molecule has 0 spiro atoms. The van der Waals surface area contributed by atoms with Crippen LogP contribution in [0.15, 0.2) is 91.1 Å². The van der Waals surface area contributed by atoms with Crippen LogP contribution in [0.4, 0.5) is 17.2 Å². The van der Waals surface area contributed by atoms with Crippen LogP contribution in [0.2, 0.25) is 0 Å². The molecule has 0 unspecified atom stereocenters. The van der Waals surface area contributed by atoms with E-state index in [4.69, 9.17) is 4.74 Å². The van der Waals surface area contributed by atoms with Gasteiger partial charge in [-0.15, -0.1) is 5.53 Å². The Morgan fingerprint density at radius 2 is 1.73 bits per heavy atom. The van der Waals surface area contributed by atoms with Crippen molar-refractivity contribution in [2.75, 3.05) is 22.8 Å². The third kappa shape index (κ3) is 4.94. The Labute approximate surface area is 191 Å². The molecule has 0 fully saturated rings. The normalized spacial score (nSPS) is 11.8. The SMILES string of the molecule is O=C(Nc1ccc(OCCc2ccccc2)cc1)c1cccc(-c2cnc3c(c2)NNN3)c1. The summed E-state index contributed by atoms with van der Waals surface area (Å²) in [4.78, 5) is 17.2. The minimum absolute atomic E-state index is 0.176. The molecule has 164 valence electrons. The first-order chi connectivity index (χ1) is 16.2. The molecule has 0 saturated carbocycles. The Hall–Kier alpha value is -4.36. The van der Waals surface area contributed by atoms with Gasteiger partial charge in [0.15, 0.2) is 5.82 Å². The average molecular weight is 438 g/mol. The predicted molar refractivity (Wildman–Crippen MR) is 130 cm³/mol. The quantitative estimate of drug-likeness (QED) is 0.330. The monoisotopic (exact) mass is 437 g/mol. The van der Waals surface area contributed by atoms with Crippen molar-refractivity contribution in [3.05, 3.63) is 102 Å². The first kappa shape index (κ1) is 20.5. The summed E-state index contributed by atoms with van der Waals surface area (Å²) in [6.45, 7) is 0.599.